The van der Waals surface area contributed by atoms with Crippen molar-refractivity contribution in [2.45, 2.75) is 13.3 Å². The number of benzene rings is 1. The van der Waals surface area contributed by atoms with E-state index in [2.05, 4.69) is 4.74 Å². The summed E-state index contributed by atoms with van der Waals surface area (Å²) in [5.41, 5.74) is -1.27. The first kappa shape index (κ1) is 11.6. The number of aryl methyl sites for hydroxylation is 1. The quantitative estimate of drug-likeness (QED) is 0.713. The van der Waals surface area contributed by atoms with E-state index < -0.39 is 29.3 Å². The number of esters is 1. The van der Waals surface area contributed by atoms with Crippen LogP contribution < -0.4 is 0 Å². The highest BCUT2D eigenvalue weighted by Gasteiger charge is 2.24. The molecular weight excluding hydrogens is 209 g/mol. The van der Waals surface area contributed by atoms with Crippen molar-refractivity contribution < 1.29 is 22.7 Å². The minimum Gasteiger partial charge on any atom is -0.465 e. The molecule has 0 amide bonds. The molecule has 5 heteroatoms. The number of carbonyl (C=O) groups is 1. The number of alkyl halides is 2. The molecule has 0 spiro atoms. The zero-order valence-corrected chi connectivity index (χ0v) is 8.18. The minimum atomic E-state index is -3.04. The van der Waals surface area contributed by atoms with E-state index >= 15 is 0 Å². The Morgan fingerprint density at radius 1 is 1.40 bits per heavy atom. The average molecular weight is 218 g/mol. The second-order valence-electron chi connectivity index (χ2n) is 2.95. The Morgan fingerprint density at radius 3 is 2.47 bits per heavy atom. The lowest BCUT2D eigenvalue weighted by molar-refractivity contribution is 0.0587. The number of hydrogen-bond acceptors (Lipinski definition) is 2. The van der Waals surface area contributed by atoms with Crippen molar-refractivity contribution in [3.05, 3.63) is 34.6 Å². The summed E-state index contributed by atoms with van der Waals surface area (Å²) in [5, 5.41) is 0. The second-order valence-corrected chi connectivity index (χ2v) is 2.95. The van der Waals surface area contributed by atoms with E-state index in [0.29, 0.717) is 0 Å². The molecule has 0 saturated heterocycles. The van der Waals surface area contributed by atoms with Gasteiger partial charge in [-0.15, -0.1) is 0 Å². The van der Waals surface area contributed by atoms with E-state index in [9.17, 15) is 18.0 Å². The highest BCUT2D eigenvalue weighted by atomic mass is 19.3. The third-order valence-corrected chi connectivity index (χ3v) is 2.00. The van der Waals surface area contributed by atoms with Gasteiger partial charge in [0.25, 0.3) is 6.43 Å². The Labute approximate surface area is 84.7 Å². The third kappa shape index (κ3) is 2.11. The molecular formula is C10H9F3O2. The summed E-state index contributed by atoms with van der Waals surface area (Å²) in [6, 6.07) is 2.39. The van der Waals surface area contributed by atoms with E-state index in [1.54, 1.807) is 0 Å². The normalized spacial score (nSPS) is 10.5. The molecule has 1 aromatic rings. The highest BCUT2D eigenvalue weighted by molar-refractivity contribution is 5.91. The van der Waals surface area contributed by atoms with Gasteiger partial charge < -0.3 is 4.74 Å². The largest absolute Gasteiger partial charge is 0.465 e. The van der Waals surface area contributed by atoms with Gasteiger partial charge in [0, 0.05) is 0 Å². The van der Waals surface area contributed by atoms with Crippen LogP contribution in [0.3, 0.4) is 0 Å². The lowest BCUT2D eigenvalue weighted by atomic mass is 10.0. The zero-order valence-electron chi connectivity index (χ0n) is 8.18. The Bertz CT molecular complexity index is 388. The third-order valence-electron chi connectivity index (χ3n) is 2.00. The summed E-state index contributed by atoms with van der Waals surface area (Å²) in [7, 11) is 1.05. The summed E-state index contributed by atoms with van der Waals surface area (Å²) >= 11 is 0. The second kappa shape index (κ2) is 4.33. The molecule has 0 bridgehead atoms. The van der Waals surface area contributed by atoms with Crippen molar-refractivity contribution in [1.29, 1.82) is 0 Å². The highest BCUT2D eigenvalue weighted by Crippen LogP contribution is 2.28. The van der Waals surface area contributed by atoms with Crippen molar-refractivity contribution in [2.75, 3.05) is 7.11 Å². The first-order valence-electron chi connectivity index (χ1n) is 4.14. The van der Waals surface area contributed by atoms with Crippen LogP contribution in [0.15, 0.2) is 12.1 Å². The van der Waals surface area contributed by atoms with Gasteiger partial charge in [0.15, 0.2) is 0 Å². The lowest BCUT2D eigenvalue weighted by Gasteiger charge is -2.09. The zero-order chi connectivity index (χ0) is 11.6. The monoisotopic (exact) mass is 218 g/mol. The van der Waals surface area contributed by atoms with Crippen LogP contribution >= 0.6 is 0 Å². The molecule has 0 aliphatic rings. The van der Waals surface area contributed by atoms with Gasteiger partial charge in [-0.1, -0.05) is 6.07 Å². The van der Waals surface area contributed by atoms with Crippen LogP contribution in [0.25, 0.3) is 0 Å². The summed E-state index contributed by atoms with van der Waals surface area (Å²) in [6.07, 6.45) is -3.04. The van der Waals surface area contributed by atoms with Crippen LogP contribution in [0.1, 0.15) is 27.9 Å². The number of methoxy groups -OCH3 is 1. The molecule has 2 nitrogen and oxygen atoms in total. The molecule has 1 aromatic carbocycles. The van der Waals surface area contributed by atoms with E-state index in [1.807, 2.05) is 0 Å². The smallest absolute Gasteiger partial charge is 0.338 e. The van der Waals surface area contributed by atoms with E-state index in [1.165, 1.54) is 13.0 Å². The molecule has 0 fully saturated rings. The number of halogens is 3. The summed E-state index contributed by atoms with van der Waals surface area (Å²) < 4.78 is 42.6. The van der Waals surface area contributed by atoms with E-state index in [-0.39, 0.29) is 5.56 Å². The Kier molecular flexibility index (Phi) is 3.34. The van der Waals surface area contributed by atoms with Gasteiger partial charge >= 0.3 is 5.97 Å². The minimum absolute atomic E-state index is 0.0675. The molecule has 0 saturated carbocycles. The van der Waals surface area contributed by atoms with Crippen LogP contribution in [0.4, 0.5) is 13.2 Å². The molecule has 0 radical (unpaired) electrons. The van der Waals surface area contributed by atoms with Gasteiger partial charge in [0.1, 0.15) is 5.82 Å². The fraction of sp³-hybridized carbons (Fsp3) is 0.300. The first-order valence-corrected chi connectivity index (χ1v) is 4.14. The average Bonchev–Trinajstić information content (AvgIpc) is 2.20. The number of carbonyl (C=O) groups excluding carboxylic acids is 1. The lowest BCUT2D eigenvalue weighted by Crippen LogP contribution is -2.09. The Balaban J connectivity index is 3.40. The molecule has 0 unspecified atom stereocenters. The molecule has 82 valence electrons. The van der Waals surface area contributed by atoms with Gasteiger partial charge in [0.2, 0.25) is 0 Å². The Morgan fingerprint density at radius 2 is 2.00 bits per heavy atom. The van der Waals surface area contributed by atoms with Crippen molar-refractivity contribution >= 4 is 5.97 Å². The maximum absolute atomic E-state index is 13.3. The number of ether oxygens (including phenoxy) is 1. The molecule has 0 aliphatic carbocycles. The topological polar surface area (TPSA) is 26.3 Å². The van der Waals surface area contributed by atoms with Crippen molar-refractivity contribution in [2.24, 2.45) is 0 Å². The standard InChI is InChI=1S/C10H9F3O2/c1-5-3-4-6(10(14)15-2)7(8(5)11)9(12)13/h3-4,9H,1-2H3. The molecule has 0 aliphatic heterocycles. The fourth-order valence-electron chi connectivity index (χ4n) is 1.20. The van der Waals surface area contributed by atoms with Gasteiger partial charge in [-0.25, -0.2) is 18.0 Å². The first-order chi connectivity index (χ1) is 6.99. The number of hydrogen-bond donors (Lipinski definition) is 0. The van der Waals surface area contributed by atoms with Crippen LogP contribution in [-0.4, -0.2) is 13.1 Å². The van der Waals surface area contributed by atoms with Crippen LogP contribution in [0.5, 0.6) is 0 Å². The van der Waals surface area contributed by atoms with Crippen LogP contribution in [0.2, 0.25) is 0 Å². The van der Waals surface area contributed by atoms with Gasteiger partial charge in [0.05, 0.1) is 18.2 Å². The van der Waals surface area contributed by atoms with Crippen LogP contribution in [0, 0.1) is 12.7 Å². The Hall–Kier alpha value is -1.52. The van der Waals surface area contributed by atoms with E-state index in [4.69, 9.17) is 0 Å². The van der Waals surface area contributed by atoms with Gasteiger partial charge in [-0.05, 0) is 18.6 Å². The predicted octanol–water partition coefficient (Wildman–Crippen LogP) is 2.86. The van der Waals surface area contributed by atoms with Gasteiger partial charge in [-0.3, -0.25) is 0 Å². The molecule has 15 heavy (non-hydrogen) atoms. The van der Waals surface area contributed by atoms with Crippen molar-refractivity contribution in [3.63, 3.8) is 0 Å². The molecule has 0 atom stereocenters. The van der Waals surface area contributed by atoms with Crippen molar-refractivity contribution in [1.82, 2.24) is 0 Å². The fourth-order valence-corrected chi connectivity index (χ4v) is 1.20. The summed E-state index contributed by atoms with van der Waals surface area (Å²) in [4.78, 5) is 11.1. The van der Waals surface area contributed by atoms with E-state index in [0.717, 1.165) is 13.2 Å². The molecule has 0 heterocycles. The summed E-state index contributed by atoms with van der Waals surface area (Å²) in [5.74, 6) is -2.03. The van der Waals surface area contributed by atoms with Gasteiger partial charge in [-0.2, -0.15) is 0 Å². The maximum Gasteiger partial charge on any atom is 0.338 e. The van der Waals surface area contributed by atoms with Crippen molar-refractivity contribution in [3.8, 4) is 0 Å². The molecule has 1 rings (SSSR count). The van der Waals surface area contributed by atoms with Crippen LogP contribution in [-0.2, 0) is 4.74 Å². The maximum atomic E-state index is 13.3. The number of rotatable bonds is 2. The summed E-state index contributed by atoms with van der Waals surface area (Å²) in [6.45, 7) is 1.35. The predicted molar refractivity (Wildman–Crippen MR) is 47.4 cm³/mol. The molecule has 0 aromatic heterocycles. The molecule has 0 N–H and O–H groups in total. The SMILES string of the molecule is COC(=O)c1ccc(C)c(F)c1C(F)F.